The molecule has 1 heterocycles. The molecule has 1 amide bonds. The number of hydrogen-bond donors (Lipinski definition) is 2. The predicted molar refractivity (Wildman–Crippen MR) is 134 cm³/mol. The number of carbonyl (C=O) groups is 1. The van der Waals surface area contributed by atoms with Gasteiger partial charge in [-0.1, -0.05) is 64.0 Å². The first-order chi connectivity index (χ1) is 15.9. The number of rotatable bonds is 8. The molecular formula is C24H30N4O4S2. The van der Waals surface area contributed by atoms with Crippen molar-refractivity contribution in [2.45, 2.75) is 56.4 Å². The van der Waals surface area contributed by atoms with Crippen LogP contribution in [0.2, 0.25) is 0 Å². The summed E-state index contributed by atoms with van der Waals surface area (Å²) >= 11 is 1.42. The van der Waals surface area contributed by atoms with Crippen molar-refractivity contribution in [2.75, 3.05) is 11.6 Å². The van der Waals surface area contributed by atoms with Crippen LogP contribution in [0.25, 0.3) is 11.4 Å². The molecule has 8 nitrogen and oxygen atoms in total. The Balaban J connectivity index is 1.73. The molecule has 0 fully saturated rings. The largest absolute Gasteiger partial charge is 0.338 e. The second kappa shape index (κ2) is 10.3. The number of thioether (sulfide) groups is 1. The van der Waals surface area contributed by atoms with Crippen molar-refractivity contribution in [3.05, 3.63) is 53.9 Å². The Morgan fingerprint density at radius 3 is 2.38 bits per heavy atom. The van der Waals surface area contributed by atoms with Crippen molar-refractivity contribution in [3.63, 3.8) is 0 Å². The second-order valence-electron chi connectivity index (χ2n) is 9.17. The lowest BCUT2D eigenvalue weighted by molar-refractivity contribution is -0.118. The van der Waals surface area contributed by atoms with Gasteiger partial charge in [-0.3, -0.25) is 4.79 Å². The van der Waals surface area contributed by atoms with Crippen LogP contribution in [-0.4, -0.2) is 30.7 Å². The Morgan fingerprint density at radius 2 is 1.79 bits per heavy atom. The van der Waals surface area contributed by atoms with Crippen LogP contribution in [0.5, 0.6) is 0 Å². The molecule has 0 saturated heterocycles. The van der Waals surface area contributed by atoms with Crippen molar-refractivity contribution in [1.29, 1.82) is 0 Å². The van der Waals surface area contributed by atoms with Gasteiger partial charge in [0.2, 0.25) is 27.6 Å². The molecule has 2 N–H and O–H groups in total. The molecule has 0 unspecified atom stereocenters. The highest BCUT2D eigenvalue weighted by Crippen LogP contribution is 2.29. The first-order valence-electron chi connectivity index (χ1n) is 10.8. The van der Waals surface area contributed by atoms with Crippen LogP contribution in [0.1, 0.15) is 46.1 Å². The van der Waals surface area contributed by atoms with Crippen molar-refractivity contribution >= 4 is 33.4 Å². The van der Waals surface area contributed by atoms with Crippen LogP contribution in [0.4, 0.5) is 5.69 Å². The van der Waals surface area contributed by atoms with Gasteiger partial charge in [-0.2, -0.15) is 4.98 Å². The van der Waals surface area contributed by atoms with E-state index in [2.05, 4.69) is 41.0 Å². The van der Waals surface area contributed by atoms with Gasteiger partial charge in [0.05, 0.1) is 17.1 Å². The van der Waals surface area contributed by atoms with Crippen LogP contribution >= 0.6 is 11.8 Å². The Morgan fingerprint density at radius 1 is 1.12 bits per heavy atom. The molecule has 34 heavy (non-hydrogen) atoms. The molecule has 2 aromatic carbocycles. The van der Waals surface area contributed by atoms with Gasteiger partial charge in [0.25, 0.3) is 0 Å². The number of carbonyl (C=O) groups excluding carboxylic acids is 1. The van der Waals surface area contributed by atoms with Gasteiger partial charge >= 0.3 is 0 Å². The third kappa shape index (κ3) is 6.25. The summed E-state index contributed by atoms with van der Waals surface area (Å²) in [5.74, 6) is 0.112. The maximum atomic E-state index is 12.9. The number of nitrogens with one attached hydrogen (secondary N) is 2. The van der Waals surface area contributed by atoms with Crippen molar-refractivity contribution in [3.8, 4) is 11.4 Å². The quantitative estimate of drug-likeness (QED) is 0.424. The summed E-state index contributed by atoms with van der Waals surface area (Å²) in [5, 5.41) is 6.76. The van der Waals surface area contributed by atoms with Crippen LogP contribution in [0.3, 0.4) is 0 Å². The van der Waals surface area contributed by atoms with E-state index in [0.717, 1.165) is 10.5 Å². The summed E-state index contributed by atoms with van der Waals surface area (Å²) in [6.07, 6.45) is 1.86. The SMILES string of the molecule is CSc1ccc(S(=O)(=O)NCc2nc(-c3ccc(C(C)(C)C)cc3)no2)cc1NC(=O)C(C)C. The van der Waals surface area contributed by atoms with Gasteiger partial charge < -0.3 is 9.84 Å². The number of sulfonamides is 1. The molecule has 10 heteroatoms. The minimum atomic E-state index is -3.88. The van der Waals surface area contributed by atoms with Gasteiger partial charge in [0.1, 0.15) is 0 Å². The molecule has 0 saturated carbocycles. The van der Waals surface area contributed by atoms with Crippen molar-refractivity contribution < 1.29 is 17.7 Å². The minimum Gasteiger partial charge on any atom is -0.338 e. The molecule has 0 bridgehead atoms. The number of hydrogen-bond acceptors (Lipinski definition) is 7. The Hall–Kier alpha value is -2.69. The number of amides is 1. The smallest absolute Gasteiger partial charge is 0.242 e. The van der Waals surface area contributed by atoms with E-state index in [0.29, 0.717) is 11.5 Å². The number of benzene rings is 2. The van der Waals surface area contributed by atoms with Gasteiger partial charge in [0, 0.05) is 16.4 Å². The predicted octanol–water partition coefficient (Wildman–Crippen LogP) is 4.83. The van der Waals surface area contributed by atoms with Gasteiger partial charge in [-0.05, 0) is 35.4 Å². The maximum Gasteiger partial charge on any atom is 0.242 e. The molecule has 0 atom stereocenters. The summed E-state index contributed by atoms with van der Waals surface area (Å²) in [4.78, 5) is 17.2. The topological polar surface area (TPSA) is 114 Å². The normalized spacial score (nSPS) is 12.2. The average Bonchev–Trinajstić information content (AvgIpc) is 3.26. The van der Waals surface area contributed by atoms with Crippen LogP contribution in [-0.2, 0) is 26.8 Å². The summed E-state index contributed by atoms with van der Waals surface area (Å²) < 4.78 is 33.5. The standard InChI is InChI=1S/C24H30N4O4S2/c1-15(2)23(29)26-19-13-18(11-12-20(19)33-6)34(30,31)25-14-21-27-22(28-32-21)16-7-9-17(10-8-16)24(3,4)5/h7-13,15,25H,14H2,1-6H3,(H,26,29). The van der Waals surface area contributed by atoms with E-state index in [9.17, 15) is 13.2 Å². The highest BCUT2D eigenvalue weighted by Gasteiger charge is 2.20. The molecule has 1 aromatic heterocycles. The fourth-order valence-corrected chi connectivity index (χ4v) is 4.57. The Labute approximate surface area is 205 Å². The summed E-state index contributed by atoms with van der Waals surface area (Å²) in [5.41, 5.74) is 2.45. The third-order valence-electron chi connectivity index (χ3n) is 5.15. The first kappa shape index (κ1) is 25.9. The summed E-state index contributed by atoms with van der Waals surface area (Å²) in [7, 11) is -3.88. The van der Waals surface area contributed by atoms with Gasteiger partial charge in [-0.25, -0.2) is 13.1 Å². The highest BCUT2D eigenvalue weighted by atomic mass is 32.2. The lowest BCUT2D eigenvalue weighted by atomic mass is 9.87. The Bertz CT molecular complexity index is 1260. The molecule has 0 spiro atoms. The number of aromatic nitrogens is 2. The monoisotopic (exact) mass is 502 g/mol. The van der Waals surface area contributed by atoms with Crippen molar-refractivity contribution in [2.24, 2.45) is 5.92 Å². The molecule has 182 valence electrons. The van der Waals surface area contributed by atoms with Gasteiger partial charge in [0.15, 0.2) is 0 Å². The highest BCUT2D eigenvalue weighted by molar-refractivity contribution is 7.98. The Kier molecular flexibility index (Phi) is 7.84. The zero-order valence-electron chi connectivity index (χ0n) is 20.2. The van der Waals surface area contributed by atoms with Crippen LogP contribution in [0.15, 0.2) is 56.8 Å². The zero-order chi connectivity index (χ0) is 25.1. The first-order valence-corrected chi connectivity index (χ1v) is 13.5. The maximum absolute atomic E-state index is 12.9. The summed E-state index contributed by atoms with van der Waals surface area (Å²) in [6.45, 7) is 9.79. The molecule has 0 aliphatic rings. The van der Waals surface area contributed by atoms with E-state index in [-0.39, 0.29) is 34.6 Å². The minimum absolute atomic E-state index is 0.0295. The van der Waals surface area contributed by atoms with Crippen LogP contribution in [0, 0.1) is 5.92 Å². The molecule has 3 rings (SSSR count). The molecule has 0 aliphatic heterocycles. The summed E-state index contributed by atoms with van der Waals surface area (Å²) in [6, 6.07) is 12.5. The number of nitrogens with zero attached hydrogens (tertiary/aromatic N) is 2. The van der Waals surface area contributed by atoms with Crippen molar-refractivity contribution in [1.82, 2.24) is 14.9 Å². The lowest BCUT2D eigenvalue weighted by Gasteiger charge is -2.18. The van der Waals surface area contributed by atoms with E-state index >= 15 is 0 Å². The third-order valence-corrected chi connectivity index (χ3v) is 7.35. The van der Waals surface area contributed by atoms with E-state index in [1.807, 2.05) is 30.5 Å². The van der Waals surface area contributed by atoms with E-state index < -0.39 is 10.0 Å². The molecular weight excluding hydrogens is 472 g/mol. The fourth-order valence-electron chi connectivity index (χ4n) is 3.03. The second-order valence-corrected chi connectivity index (χ2v) is 11.8. The molecule has 0 aliphatic carbocycles. The zero-order valence-corrected chi connectivity index (χ0v) is 21.8. The van der Waals surface area contributed by atoms with E-state index in [1.165, 1.54) is 29.5 Å². The lowest BCUT2D eigenvalue weighted by Crippen LogP contribution is -2.24. The van der Waals surface area contributed by atoms with E-state index in [4.69, 9.17) is 4.52 Å². The molecule has 3 aromatic rings. The van der Waals surface area contributed by atoms with Crippen LogP contribution < -0.4 is 10.0 Å². The average molecular weight is 503 g/mol. The number of anilines is 1. The van der Waals surface area contributed by atoms with Gasteiger partial charge in [-0.15, -0.1) is 11.8 Å². The van der Waals surface area contributed by atoms with E-state index in [1.54, 1.807) is 19.9 Å². The molecule has 0 radical (unpaired) electrons. The fraction of sp³-hybridized carbons (Fsp3) is 0.375.